The second kappa shape index (κ2) is 9.71. The van der Waals surface area contributed by atoms with Crippen molar-refractivity contribution in [3.05, 3.63) is 46.5 Å². The van der Waals surface area contributed by atoms with Crippen LogP contribution in [0.1, 0.15) is 32.4 Å². The van der Waals surface area contributed by atoms with Crippen molar-refractivity contribution >= 4 is 47.9 Å². The molecule has 3 nitrogen and oxygen atoms in total. The first-order chi connectivity index (χ1) is 10.2. The van der Waals surface area contributed by atoms with Crippen LogP contribution in [0.25, 0.3) is 0 Å². The molecule has 0 aromatic heterocycles. The highest BCUT2D eigenvalue weighted by molar-refractivity contribution is 14.2. The SMILES string of the molecule is CC.CCOC(=O)C1=CCN(SI)C1c1ccc(Cl)cc1. The van der Waals surface area contributed by atoms with Gasteiger partial charge in [0.1, 0.15) is 0 Å². The average Bonchev–Trinajstić information content (AvgIpc) is 2.94. The Morgan fingerprint density at radius 1 is 1.43 bits per heavy atom. The van der Waals surface area contributed by atoms with Crippen LogP contribution in [0.5, 0.6) is 0 Å². The quantitative estimate of drug-likeness (QED) is 0.366. The average molecular weight is 440 g/mol. The molecule has 1 atom stereocenters. The number of ether oxygens (including phenoxy) is 1. The Bertz CT molecular complexity index is 493. The Hall–Kier alpha value is -0.240. The summed E-state index contributed by atoms with van der Waals surface area (Å²) in [5, 5.41) is 0.692. The first-order valence-corrected chi connectivity index (χ1v) is 10.5. The van der Waals surface area contributed by atoms with Crippen LogP contribution in [-0.4, -0.2) is 23.4 Å². The fourth-order valence-electron chi connectivity index (χ4n) is 2.03. The van der Waals surface area contributed by atoms with Gasteiger partial charge in [0.15, 0.2) is 0 Å². The number of carbonyl (C=O) groups is 1. The number of hydrogen-bond acceptors (Lipinski definition) is 4. The fourth-order valence-corrected chi connectivity index (χ4v) is 3.77. The molecule has 0 spiro atoms. The molecule has 0 saturated carbocycles. The fraction of sp³-hybridized carbons (Fsp3) is 0.400. The molecular weight excluding hydrogens is 421 g/mol. The largest absolute Gasteiger partial charge is 0.463 e. The summed E-state index contributed by atoms with van der Waals surface area (Å²) in [4.78, 5) is 12.0. The summed E-state index contributed by atoms with van der Waals surface area (Å²) >= 11 is 8.13. The number of nitrogens with zero attached hydrogens (tertiary/aromatic N) is 1. The van der Waals surface area contributed by atoms with Crippen LogP contribution in [0.2, 0.25) is 5.02 Å². The lowest BCUT2D eigenvalue weighted by molar-refractivity contribution is -0.138. The van der Waals surface area contributed by atoms with Gasteiger partial charge in [0.25, 0.3) is 0 Å². The van der Waals surface area contributed by atoms with Crippen LogP contribution < -0.4 is 0 Å². The molecule has 0 bridgehead atoms. The molecule has 1 unspecified atom stereocenters. The highest BCUT2D eigenvalue weighted by Gasteiger charge is 2.33. The molecule has 116 valence electrons. The van der Waals surface area contributed by atoms with E-state index < -0.39 is 0 Å². The Morgan fingerprint density at radius 2 is 2.05 bits per heavy atom. The van der Waals surface area contributed by atoms with Gasteiger partial charge in [-0.05, 0) is 33.7 Å². The second-order valence-corrected chi connectivity index (χ2v) is 6.23. The number of halogens is 2. The highest BCUT2D eigenvalue weighted by atomic mass is 127. The molecule has 0 saturated heterocycles. The zero-order valence-corrected chi connectivity index (χ0v) is 16.0. The normalized spacial score (nSPS) is 17.8. The summed E-state index contributed by atoms with van der Waals surface area (Å²) in [6, 6.07) is 7.51. The number of hydrogen-bond donors (Lipinski definition) is 0. The summed E-state index contributed by atoms with van der Waals surface area (Å²) in [5.74, 6) is -0.240. The van der Waals surface area contributed by atoms with E-state index in [4.69, 9.17) is 16.3 Å². The second-order valence-electron chi connectivity index (χ2n) is 4.00. The topological polar surface area (TPSA) is 29.5 Å². The van der Waals surface area contributed by atoms with Crippen molar-refractivity contribution in [1.82, 2.24) is 4.31 Å². The van der Waals surface area contributed by atoms with Crippen molar-refractivity contribution < 1.29 is 9.53 Å². The minimum Gasteiger partial charge on any atom is -0.463 e. The minimum atomic E-state index is -0.240. The van der Waals surface area contributed by atoms with Crippen molar-refractivity contribution in [2.24, 2.45) is 0 Å². The van der Waals surface area contributed by atoms with Gasteiger partial charge in [0.2, 0.25) is 0 Å². The third kappa shape index (κ3) is 4.87. The molecule has 0 aliphatic carbocycles. The lowest BCUT2D eigenvalue weighted by atomic mass is 10.0. The van der Waals surface area contributed by atoms with Crippen molar-refractivity contribution in [1.29, 1.82) is 0 Å². The van der Waals surface area contributed by atoms with E-state index in [1.54, 1.807) is 9.12 Å². The van der Waals surface area contributed by atoms with E-state index in [-0.39, 0.29) is 12.0 Å². The Kier molecular flexibility index (Phi) is 8.70. The van der Waals surface area contributed by atoms with E-state index in [1.165, 1.54) is 0 Å². The van der Waals surface area contributed by atoms with Crippen molar-refractivity contribution in [2.45, 2.75) is 26.8 Å². The van der Waals surface area contributed by atoms with Gasteiger partial charge in [-0.3, -0.25) is 0 Å². The number of carbonyl (C=O) groups excluding carboxylic acids is 1. The van der Waals surface area contributed by atoms with Crippen molar-refractivity contribution in [2.75, 3.05) is 13.2 Å². The third-order valence-corrected chi connectivity index (χ3v) is 5.17. The molecule has 21 heavy (non-hydrogen) atoms. The van der Waals surface area contributed by atoms with E-state index in [2.05, 4.69) is 25.5 Å². The van der Waals surface area contributed by atoms with E-state index in [0.29, 0.717) is 17.2 Å². The monoisotopic (exact) mass is 439 g/mol. The van der Waals surface area contributed by atoms with Gasteiger partial charge in [-0.1, -0.05) is 43.7 Å². The predicted octanol–water partition coefficient (Wildman–Crippen LogP) is 5.21. The Balaban J connectivity index is 0.00000106. The van der Waals surface area contributed by atoms with E-state index in [1.807, 2.05) is 51.1 Å². The summed E-state index contributed by atoms with van der Waals surface area (Å²) in [5.41, 5.74) is 1.75. The first kappa shape index (κ1) is 18.8. The summed E-state index contributed by atoms with van der Waals surface area (Å²) in [6.45, 7) is 6.94. The van der Waals surface area contributed by atoms with Crippen LogP contribution in [0, 0.1) is 0 Å². The highest BCUT2D eigenvalue weighted by Crippen LogP contribution is 2.40. The van der Waals surface area contributed by atoms with Gasteiger partial charge >= 0.3 is 5.97 Å². The molecule has 1 aliphatic rings. The minimum absolute atomic E-state index is 0.0711. The summed E-state index contributed by atoms with van der Waals surface area (Å²) < 4.78 is 7.26. The predicted molar refractivity (Wildman–Crippen MR) is 98.6 cm³/mol. The van der Waals surface area contributed by atoms with Crippen LogP contribution in [0.3, 0.4) is 0 Å². The van der Waals surface area contributed by atoms with E-state index >= 15 is 0 Å². The van der Waals surface area contributed by atoms with Crippen LogP contribution in [-0.2, 0) is 9.53 Å². The zero-order chi connectivity index (χ0) is 15.8. The summed E-state index contributed by atoms with van der Waals surface area (Å²) in [6.07, 6.45) is 1.93. The van der Waals surface area contributed by atoms with Gasteiger partial charge in [-0.15, -0.1) is 0 Å². The maximum absolute atomic E-state index is 12.0. The van der Waals surface area contributed by atoms with Crippen LogP contribution in [0.15, 0.2) is 35.9 Å². The Morgan fingerprint density at radius 3 is 2.57 bits per heavy atom. The number of rotatable bonds is 4. The van der Waals surface area contributed by atoms with Gasteiger partial charge < -0.3 is 4.74 Å². The molecule has 0 amide bonds. The smallest absolute Gasteiger partial charge is 0.335 e. The van der Waals surface area contributed by atoms with Crippen molar-refractivity contribution in [3.8, 4) is 0 Å². The maximum atomic E-state index is 12.0. The maximum Gasteiger partial charge on any atom is 0.335 e. The molecule has 0 radical (unpaired) electrons. The number of esters is 1. The molecule has 0 N–H and O–H groups in total. The lowest BCUT2D eigenvalue weighted by Gasteiger charge is -2.23. The lowest BCUT2D eigenvalue weighted by Crippen LogP contribution is -2.21. The third-order valence-electron chi connectivity index (χ3n) is 2.86. The number of benzene rings is 1. The van der Waals surface area contributed by atoms with Crippen LogP contribution in [0.4, 0.5) is 0 Å². The van der Waals surface area contributed by atoms with Gasteiger partial charge in [-0.25, -0.2) is 9.10 Å². The van der Waals surface area contributed by atoms with E-state index in [0.717, 1.165) is 12.1 Å². The first-order valence-electron chi connectivity index (χ1n) is 6.85. The zero-order valence-electron chi connectivity index (χ0n) is 12.3. The van der Waals surface area contributed by atoms with Crippen LogP contribution >= 0.6 is 41.9 Å². The molecule has 1 aromatic rings. The molecular formula is C15H19ClINO2S. The molecule has 1 heterocycles. The standard InChI is InChI=1S/C13H13ClINO2S.C2H6/c1-2-18-13(17)11-7-8-16(19-15)12(11)9-3-5-10(14)6-4-9;1-2/h3-7,12H,2,8H2,1H3;1-2H3. The van der Waals surface area contributed by atoms with Gasteiger partial charge in [0.05, 0.1) is 18.2 Å². The Labute approximate surface area is 147 Å². The molecule has 2 rings (SSSR count). The summed E-state index contributed by atoms with van der Waals surface area (Å²) in [7, 11) is 1.59. The molecule has 1 aromatic carbocycles. The van der Waals surface area contributed by atoms with Crippen molar-refractivity contribution in [3.63, 3.8) is 0 Å². The molecule has 1 aliphatic heterocycles. The van der Waals surface area contributed by atoms with E-state index in [9.17, 15) is 4.79 Å². The molecule has 6 heteroatoms. The van der Waals surface area contributed by atoms with Gasteiger partial charge in [0, 0.05) is 32.8 Å². The molecule has 0 fully saturated rings. The van der Waals surface area contributed by atoms with Gasteiger partial charge in [-0.2, -0.15) is 0 Å².